The summed E-state index contributed by atoms with van der Waals surface area (Å²) in [5.41, 5.74) is 2.53. The number of aliphatic carboxylic acids is 1. The van der Waals surface area contributed by atoms with Gasteiger partial charge in [0, 0.05) is 13.1 Å². The van der Waals surface area contributed by atoms with E-state index in [1.807, 2.05) is 49.4 Å². The smallest absolute Gasteiger partial charge is 0.323 e. The Bertz CT molecular complexity index is 1180. The fraction of sp³-hybridized carbons (Fsp3) is 0.440. The molecule has 2 aliphatic rings. The van der Waals surface area contributed by atoms with Crippen LogP contribution in [-0.4, -0.2) is 65.9 Å². The van der Waals surface area contributed by atoms with Gasteiger partial charge >= 0.3 is 5.97 Å². The Morgan fingerprint density at radius 3 is 2.24 bits per heavy atom. The van der Waals surface area contributed by atoms with Crippen LogP contribution in [0.15, 0.2) is 47.4 Å². The summed E-state index contributed by atoms with van der Waals surface area (Å²) >= 11 is 0. The molecule has 2 fully saturated rings. The first kappa shape index (κ1) is 24.4. The van der Waals surface area contributed by atoms with Crippen LogP contribution in [0.4, 0.5) is 0 Å². The van der Waals surface area contributed by atoms with Gasteiger partial charge in [-0.15, -0.1) is 0 Å². The molecule has 9 heteroatoms. The van der Waals surface area contributed by atoms with Crippen LogP contribution >= 0.6 is 0 Å². The first-order valence-corrected chi connectivity index (χ1v) is 12.9. The van der Waals surface area contributed by atoms with Crippen molar-refractivity contribution in [1.82, 2.24) is 14.5 Å². The normalized spacial score (nSPS) is 20.7. The van der Waals surface area contributed by atoms with Crippen LogP contribution in [0, 0.1) is 20.8 Å². The summed E-state index contributed by atoms with van der Waals surface area (Å²) in [5, 5.41) is 12.9. The monoisotopic (exact) mass is 485 g/mol. The summed E-state index contributed by atoms with van der Waals surface area (Å²) in [6, 6.07) is 12.8. The lowest BCUT2D eigenvalue weighted by molar-refractivity contribution is -0.147. The number of carbonyl (C=O) groups is 2. The molecule has 2 saturated heterocycles. The molecule has 2 heterocycles. The third-order valence-corrected chi connectivity index (χ3v) is 9.06. The Balaban J connectivity index is 1.57. The number of carbonyl (C=O) groups excluding carboxylic acids is 1. The van der Waals surface area contributed by atoms with Gasteiger partial charge in [-0.1, -0.05) is 48.0 Å². The van der Waals surface area contributed by atoms with Crippen LogP contribution in [0.2, 0.25) is 0 Å². The predicted molar refractivity (Wildman–Crippen MR) is 128 cm³/mol. The molecule has 8 nitrogen and oxygen atoms in total. The molecule has 1 amide bonds. The molecule has 1 spiro atoms. The van der Waals surface area contributed by atoms with Crippen molar-refractivity contribution in [2.45, 2.75) is 56.6 Å². The van der Waals surface area contributed by atoms with E-state index in [0.29, 0.717) is 35.3 Å². The quantitative estimate of drug-likeness (QED) is 0.650. The molecule has 2 aliphatic heterocycles. The number of aryl methyl sites for hydroxylation is 3. The lowest BCUT2D eigenvalue weighted by Crippen LogP contribution is -2.60. The number of carboxylic acids is 1. The molecule has 182 valence electrons. The average molecular weight is 486 g/mol. The van der Waals surface area contributed by atoms with Crippen LogP contribution in [-0.2, 0) is 26.0 Å². The van der Waals surface area contributed by atoms with Crippen LogP contribution in [0.3, 0.4) is 0 Å². The van der Waals surface area contributed by atoms with Crippen LogP contribution in [0.5, 0.6) is 0 Å². The second-order valence-corrected chi connectivity index (χ2v) is 11.2. The molecule has 34 heavy (non-hydrogen) atoms. The number of nitrogens with one attached hydrogen (secondary N) is 1. The van der Waals surface area contributed by atoms with Gasteiger partial charge in [0.2, 0.25) is 15.9 Å². The topological polar surface area (TPSA) is 107 Å². The van der Waals surface area contributed by atoms with Gasteiger partial charge < -0.3 is 10.0 Å². The summed E-state index contributed by atoms with van der Waals surface area (Å²) in [7, 11) is -3.72. The number of hydrogen-bond donors (Lipinski definition) is 2. The highest BCUT2D eigenvalue weighted by Gasteiger charge is 2.53. The molecule has 0 saturated carbocycles. The molecular formula is C25H31N3O5S. The van der Waals surface area contributed by atoms with Gasteiger partial charge in [-0.3, -0.25) is 14.9 Å². The number of amides is 1. The Hall–Kier alpha value is -2.75. The van der Waals surface area contributed by atoms with E-state index in [-0.39, 0.29) is 19.0 Å². The lowest BCUT2D eigenvalue weighted by atomic mass is 9.97. The summed E-state index contributed by atoms with van der Waals surface area (Å²) in [6.45, 7) is 5.52. The maximum Gasteiger partial charge on any atom is 0.323 e. The number of nitrogens with zero attached hydrogens (tertiary/aromatic N) is 2. The van der Waals surface area contributed by atoms with Crippen molar-refractivity contribution >= 4 is 21.9 Å². The zero-order chi connectivity index (χ0) is 24.7. The molecular weight excluding hydrogens is 454 g/mol. The Morgan fingerprint density at radius 2 is 1.68 bits per heavy atom. The Labute approximate surface area is 200 Å². The van der Waals surface area contributed by atoms with E-state index < -0.39 is 34.2 Å². The van der Waals surface area contributed by atoms with Gasteiger partial charge in [-0.2, -0.15) is 4.31 Å². The van der Waals surface area contributed by atoms with E-state index in [4.69, 9.17) is 0 Å². The van der Waals surface area contributed by atoms with Crippen LogP contribution in [0.25, 0.3) is 0 Å². The van der Waals surface area contributed by atoms with E-state index in [1.165, 1.54) is 9.21 Å². The van der Waals surface area contributed by atoms with Gasteiger partial charge in [-0.25, -0.2) is 8.42 Å². The van der Waals surface area contributed by atoms with Gasteiger partial charge in [0.05, 0.1) is 16.6 Å². The average Bonchev–Trinajstić information content (AvgIpc) is 2.99. The van der Waals surface area contributed by atoms with Gasteiger partial charge in [0.25, 0.3) is 0 Å². The molecule has 1 atom stereocenters. The fourth-order valence-electron chi connectivity index (χ4n) is 5.43. The minimum Gasteiger partial charge on any atom is -0.480 e. The van der Waals surface area contributed by atoms with Crippen molar-refractivity contribution in [3.05, 3.63) is 64.7 Å². The van der Waals surface area contributed by atoms with E-state index in [0.717, 1.165) is 11.1 Å². The summed E-state index contributed by atoms with van der Waals surface area (Å²) < 4.78 is 28.5. The van der Waals surface area contributed by atoms with E-state index >= 15 is 0 Å². The highest BCUT2D eigenvalue weighted by molar-refractivity contribution is 7.89. The maximum absolute atomic E-state index is 13.5. The highest BCUT2D eigenvalue weighted by Crippen LogP contribution is 2.36. The number of rotatable bonds is 6. The second-order valence-electron chi connectivity index (χ2n) is 9.37. The Kier molecular flexibility index (Phi) is 6.54. The number of benzene rings is 2. The molecule has 0 aromatic heterocycles. The van der Waals surface area contributed by atoms with Crippen molar-refractivity contribution in [2.24, 2.45) is 0 Å². The lowest BCUT2D eigenvalue weighted by Gasteiger charge is -2.43. The zero-order valence-electron chi connectivity index (χ0n) is 19.7. The molecule has 2 N–H and O–H groups in total. The maximum atomic E-state index is 13.5. The van der Waals surface area contributed by atoms with E-state index in [1.54, 1.807) is 13.8 Å². The second kappa shape index (κ2) is 9.13. The minimum absolute atomic E-state index is 0.198. The van der Waals surface area contributed by atoms with Gasteiger partial charge in [-0.05, 0) is 56.7 Å². The third-order valence-electron chi connectivity index (χ3n) is 6.85. The zero-order valence-corrected chi connectivity index (χ0v) is 20.6. The molecule has 1 unspecified atom stereocenters. The first-order valence-electron chi connectivity index (χ1n) is 11.5. The molecule has 0 radical (unpaired) electrons. The molecule has 0 bridgehead atoms. The van der Waals surface area contributed by atoms with Crippen molar-refractivity contribution in [3.8, 4) is 0 Å². The third kappa shape index (κ3) is 4.47. The van der Waals surface area contributed by atoms with Gasteiger partial charge in [0.1, 0.15) is 6.54 Å². The van der Waals surface area contributed by atoms with Crippen molar-refractivity contribution in [1.29, 1.82) is 0 Å². The number of hydrogen-bond acceptors (Lipinski definition) is 5. The molecule has 2 aromatic rings. The van der Waals surface area contributed by atoms with Crippen molar-refractivity contribution in [2.75, 3.05) is 19.6 Å². The summed E-state index contributed by atoms with van der Waals surface area (Å²) in [5.74, 6) is -1.34. The summed E-state index contributed by atoms with van der Waals surface area (Å²) in [6.07, 6.45) is 1.09. The largest absolute Gasteiger partial charge is 0.480 e. The van der Waals surface area contributed by atoms with Crippen LogP contribution < -0.4 is 5.32 Å². The minimum atomic E-state index is -3.72. The molecule has 0 aliphatic carbocycles. The number of sulfonamides is 1. The number of piperidine rings is 1. The van der Waals surface area contributed by atoms with Crippen molar-refractivity contribution in [3.63, 3.8) is 0 Å². The van der Waals surface area contributed by atoms with Gasteiger partial charge in [0.15, 0.2) is 0 Å². The van der Waals surface area contributed by atoms with Crippen LogP contribution in [0.1, 0.15) is 35.1 Å². The first-order chi connectivity index (χ1) is 16.0. The Morgan fingerprint density at radius 1 is 1.09 bits per heavy atom. The predicted octanol–water partition coefficient (Wildman–Crippen LogP) is 2.22. The van der Waals surface area contributed by atoms with E-state index in [9.17, 15) is 23.1 Å². The van der Waals surface area contributed by atoms with Crippen molar-refractivity contribution < 1.29 is 23.1 Å². The fourth-order valence-corrected chi connectivity index (χ4v) is 7.28. The van der Waals surface area contributed by atoms with E-state index in [2.05, 4.69) is 5.32 Å². The number of carboxylic acid groups (broad SMARTS) is 1. The standard InChI is InChI=1S/C25H31N3O5S/c1-17-13-18(2)23(19(3)14-17)34(32,33)27-11-9-25(10-12-27)26-21(15-20-7-5-4-6-8-20)24(31)28(25)16-22(29)30/h4-8,13-14,21,26H,9-12,15-16H2,1-3H3,(H,29,30). The molecule has 4 rings (SSSR count). The summed E-state index contributed by atoms with van der Waals surface area (Å²) in [4.78, 5) is 26.5. The SMILES string of the molecule is Cc1cc(C)c(S(=O)(=O)N2CCC3(CC2)NC(Cc2ccccc2)C(=O)N3CC(=O)O)c(C)c1. The molecule has 2 aromatic carbocycles. The highest BCUT2D eigenvalue weighted by atomic mass is 32.2.